The van der Waals surface area contributed by atoms with E-state index in [1.807, 2.05) is 22.9 Å². The first kappa shape index (κ1) is 24.0. The molecule has 0 N–H and O–H groups in total. The first-order valence-corrected chi connectivity index (χ1v) is 12.1. The van der Waals surface area contributed by atoms with Crippen LogP contribution in [-0.2, 0) is 6.54 Å². The molecule has 1 aliphatic carbocycles. The number of tetrazole rings is 1. The van der Waals surface area contributed by atoms with Gasteiger partial charge < -0.3 is 9.47 Å². The van der Waals surface area contributed by atoms with Gasteiger partial charge in [-0.05, 0) is 47.0 Å². The minimum absolute atomic E-state index is 0. The third-order valence-corrected chi connectivity index (χ3v) is 7.25. The maximum atomic E-state index is 15.0. The van der Waals surface area contributed by atoms with Crippen LogP contribution in [0.25, 0.3) is 0 Å². The van der Waals surface area contributed by atoms with Crippen molar-refractivity contribution >= 4 is 12.4 Å². The van der Waals surface area contributed by atoms with Gasteiger partial charge in [0, 0.05) is 38.3 Å². The summed E-state index contributed by atoms with van der Waals surface area (Å²) >= 11 is 0. The number of hydrogen-bond acceptors (Lipinski definition) is 7. The Morgan fingerprint density at radius 3 is 2.54 bits per heavy atom. The summed E-state index contributed by atoms with van der Waals surface area (Å²) in [7, 11) is 0. The summed E-state index contributed by atoms with van der Waals surface area (Å²) in [5.74, 6) is 2.16. The molecule has 0 spiro atoms. The lowest BCUT2D eigenvalue weighted by molar-refractivity contribution is 0.0980. The van der Waals surface area contributed by atoms with Crippen molar-refractivity contribution in [3.05, 3.63) is 65.2 Å². The summed E-state index contributed by atoms with van der Waals surface area (Å²) < 4.78 is 27.9. The SMILES string of the molecule is Cl.Fc1ccccc1C(c1nnnn1C1CCCC1)N1CCN(Cc2ccc3c(c2)OCO3)CC1. The molecule has 1 aromatic heterocycles. The Morgan fingerprint density at radius 2 is 1.74 bits per heavy atom. The van der Waals surface area contributed by atoms with Gasteiger partial charge in [0.15, 0.2) is 17.3 Å². The molecule has 1 saturated carbocycles. The van der Waals surface area contributed by atoms with E-state index in [1.54, 1.807) is 6.07 Å². The van der Waals surface area contributed by atoms with Gasteiger partial charge in [-0.1, -0.05) is 37.1 Å². The smallest absolute Gasteiger partial charge is 0.231 e. The van der Waals surface area contributed by atoms with Gasteiger partial charge in [0.25, 0.3) is 0 Å². The van der Waals surface area contributed by atoms with Gasteiger partial charge in [0.1, 0.15) is 11.9 Å². The molecule has 3 aromatic rings. The summed E-state index contributed by atoms with van der Waals surface area (Å²) in [6.45, 7) is 4.50. The van der Waals surface area contributed by atoms with Gasteiger partial charge in [-0.15, -0.1) is 17.5 Å². The van der Waals surface area contributed by atoms with Crippen molar-refractivity contribution < 1.29 is 13.9 Å². The number of fused-ring (bicyclic) bond motifs is 1. The summed E-state index contributed by atoms with van der Waals surface area (Å²) in [6, 6.07) is 13.2. The molecule has 1 atom stereocenters. The first-order chi connectivity index (χ1) is 16.8. The number of aromatic nitrogens is 4. The number of piperazine rings is 1. The highest BCUT2D eigenvalue weighted by molar-refractivity contribution is 5.85. The van der Waals surface area contributed by atoms with Crippen molar-refractivity contribution in [3.8, 4) is 11.5 Å². The molecule has 2 fully saturated rings. The standard InChI is InChI=1S/C25H29FN6O2.ClH/c26-21-8-4-3-7-20(21)24(25-27-28-29-32(25)19-5-1-2-6-19)31-13-11-30(12-14-31)16-18-9-10-22-23(15-18)34-17-33-22;/h3-4,7-10,15,19,24H,1-2,5-6,11-14,16-17H2;1H. The molecule has 6 rings (SSSR count). The van der Waals surface area contributed by atoms with E-state index in [0.717, 1.165) is 62.9 Å². The third-order valence-electron chi connectivity index (χ3n) is 7.25. The number of benzene rings is 2. The number of rotatable bonds is 6. The van der Waals surface area contributed by atoms with Crippen molar-refractivity contribution in [1.29, 1.82) is 0 Å². The molecule has 1 unspecified atom stereocenters. The second kappa shape index (κ2) is 10.5. The molecule has 0 bridgehead atoms. The van der Waals surface area contributed by atoms with Gasteiger partial charge in [-0.2, -0.15) is 0 Å². The van der Waals surface area contributed by atoms with Gasteiger partial charge >= 0.3 is 0 Å². The average molecular weight is 501 g/mol. The zero-order valence-corrected chi connectivity index (χ0v) is 20.4. The van der Waals surface area contributed by atoms with E-state index < -0.39 is 0 Å². The van der Waals surface area contributed by atoms with Gasteiger partial charge in [0.05, 0.1) is 6.04 Å². The molecular formula is C25H30ClFN6O2. The number of halogens is 2. The normalized spacial score (nSPS) is 19.6. The molecule has 0 radical (unpaired) electrons. The maximum absolute atomic E-state index is 15.0. The van der Waals surface area contributed by atoms with Gasteiger partial charge in [-0.25, -0.2) is 9.07 Å². The lowest BCUT2D eigenvalue weighted by atomic mass is 10.0. The fourth-order valence-electron chi connectivity index (χ4n) is 5.46. The van der Waals surface area contributed by atoms with Crippen molar-refractivity contribution in [2.45, 2.75) is 44.3 Å². The van der Waals surface area contributed by atoms with Crippen LogP contribution < -0.4 is 9.47 Å². The molecule has 3 heterocycles. The molecule has 0 amide bonds. The van der Waals surface area contributed by atoms with Crippen LogP contribution in [0.15, 0.2) is 42.5 Å². The molecule has 1 saturated heterocycles. The van der Waals surface area contributed by atoms with Crippen LogP contribution in [0.5, 0.6) is 11.5 Å². The second-order valence-electron chi connectivity index (χ2n) is 9.34. The molecular weight excluding hydrogens is 471 g/mol. The summed E-state index contributed by atoms with van der Waals surface area (Å²) in [6.07, 6.45) is 4.52. The molecule has 2 aliphatic heterocycles. The van der Waals surface area contributed by atoms with E-state index in [0.29, 0.717) is 11.6 Å². The fourth-order valence-corrected chi connectivity index (χ4v) is 5.46. The van der Waals surface area contributed by atoms with E-state index in [1.165, 1.54) is 24.5 Å². The van der Waals surface area contributed by atoms with Crippen molar-refractivity contribution in [1.82, 2.24) is 30.0 Å². The van der Waals surface area contributed by atoms with Crippen LogP contribution in [0.3, 0.4) is 0 Å². The molecule has 8 nitrogen and oxygen atoms in total. The lowest BCUT2D eigenvalue weighted by Gasteiger charge is -2.39. The van der Waals surface area contributed by atoms with Crippen LogP contribution >= 0.6 is 12.4 Å². The average Bonchev–Trinajstić information content (AvgIpc) is 3.63. The van der Waals surface area contributed by atoms with Gasteiger partial charge in [-0.3, -0.25) is 9.80 Å². The quantitative estimate of drug-likeness (QED) is 0.507. The predicted octanol–water partition coefficient (Wildman–Crippen LogP) is 3.99. The minimum atomic E-state index is -0.301. The zero-order chi connectivity index (χ0) is 22.9. The lowest BCUT2D eigenvalue weighted by Crippen LogP contribution is -2.48. The summed E-state index contributed by atoms with van der Waals surface area (Å²) in [5, 5.41) is 12.8. The third kappa shape index (κ3) is 4.85. The van der Waals surface area contributed by atoms with Crippen molar-refractivity contribution in [2.75, 3.05) is 33.0 Å². The van der Waals surface area contributed by atoms with Crippen molar-refractivity contribution in [2.24, 2.45) is 0 Å². The number of nitrogens with zero attached hydrogens (tertiary/aromatic N) is 6. The van der Waals surface area contributed by atoms with Crippen LogP contribution in [0, 0.1) is 5.82 Å². The zero-order valence-electron chi connectivity index (χ0n) is 19.6. The van der Waals surface area contributed by atoms with E-state index in [9.17, 15) is 0 Å². The van der Waals surface area contributed by atoms with E-state index >= 15 is 4.39 Å². The highest BCUT2D eigenvalue weighted by Crippen LogP contribution is 2.36. The van der Waals surface area contributed by atoms with Crippen LogP contribution in [0.2, 0.25) is 0 Å². The minimum Gasteiger partial charge on any atom is -0.454 e. The molecule has 3 aliphatic rings. The van der Waals surface area contributed by atoms with E-state index in [2.05, 4.69) is 37.5 Å². The monoisotopic (exact) mass is 500 g/mol. The largest absolute Gasteiger partial charge is 0.454 e. The number of hydrogen-bond donors (Lipinski definition) is 0. The Kier molecular flexibility index (Phi) is 7.17. The highest BCUT2D eigenvalue weighted by Gasteiger charge is 2.34. The molecule has 35 heavy (non-hydrogen) atoms. The topological polar surface area (TPSA) is 68.5 Å². The Bertz CT molecular complexity index is 1150. The molecule has 186 valence electrons. The molecule has 2 aromatic carbocycles. The fraction of sp³-hybridized carbons (Fsp3) is 0.480. The van der Waals surface area contributed by atoms with Crippen molar-refractivity contribution in [3.63, 3.8) is 0 Å². The first-order valence-electron chi connectivity index (χ1n) is 12.1. The Balaban J connectivity index is 0.00000253. The number of ether oxygens (including phenoxy) is 2. The van der Waals surface area contributed by atoms with Gasteiger partial charge in [0.2, 0.25) is 6.79 Å². The predicted molar refractivity (Wildman–Crippen MR) is 130 cm³/mol. The van der Waals surface area contributed by atoms with Crippen LogP contribution in [-0.4, -0.2) is 63.0 Å². The summed E-state index contributed by atoms with van der Waals surface area (Å²) in [5.41, 5.74) is 1.84. The van der Waals surface area contributed by atoms with E-state index in [-0.39, 0.29) is 31.1 Å². The highest BCUT2D eigenvalue weighted by atomic mass is 35.5. The molecule has 10 heteroatoms. The summed E-state index contributed by atoms with van der Waals surface area (Å²) in [4.78, 5) is 4.75. The Labute approximate surface area is 210 Å². The Morgan fingerprint density at radius 1 is 0.971 bits per heavy atom. The van der Waals surface area contributed by atoms with Crippen LogP contribution in [0.4, 0.5) is 4.39 Å². The maximum Gasteiger partial charge on any atom is 0.231 e. The Hall–Kier alpha value is -2.75. The second-order valence-corrected chi connectivity index (χ2v) is 9.34. The van der Waals surface area contributed by atoms with Crippen LogP contribution in [0.1, 0.15) is 54.7 Å². The van der Waals surface area contributed by atoms with E-state index in [4.69, 9.17) is 9.47 Å².